The standard InChI is InChI=1S/C32H32N2O2S/c1-37-29-19-17-27(18-20-29)33-32(35)34(31-16-8-13-26-12-5-6-15-30(26)31)22-25-11-7-14-28(21-25)36-23-24-9-3-2-4-10-24/h2-7,9-12,14-15,17-21,31H,8,13,16,22-23H2,1H3,(H,33,35). The van der Waals surface area contributed by atoms with E-state index in [-0.39, 0.29) is 12.1 Å². The SMILES string of the molecule is CSc1ccc(NC(=O)N(Cc2cccc(OCc3ccccc3)c2)C2CCCc3ccccc32)cc1. The Labute approximate surface area is 223 Å². The number of fused-ring (bicyclic) bond motifs is 1. The molecule has 4 aromatic carbocycles. The summed E-state index contributed by atoms with van der Waals surface area (Å²) in [5, 5.41) is 3.15. The van der Waals surface area contributed by atoms with E-state index in [9.17, 15) is 4.79 Å². The number of anilines is 1. The molecule has 1 aliphatic carbocycles. The van der Waals surface area contributed by atoms with Crippen LogP contribution in [0.2, 0.25) is 0 Å². The highest BCUT2D eigenvalue weighted by atomic mass is 32.2. The number of nitrogens with zero attached hydrogens (tertiary/aromatic N) is 1. The van der Waals surface area contributed by atoms with E-state index in [4.69, 9.17) is 4.74 Å². The smallest absolute Gasteiger partial charge is 0.322 e. The Morgan fingerprint density at radius 3 is 2.49 bits per heavy atom. The molecule has 1 N–H and O–H groups in total. The van der Waals surface area contributed by atoms with Crippen molar-refractivity contribution in [3.63, 3.8) is 0 Å². The predicted molar refractivity (Wildman–Crippen MR) is 152 cm³/mol. The normalized spacial score (nSPS) is 14.5. The van der Waals surface area contributed by atoms with E-state index >= 15 is 0 Å². The van der Waals surface area contributed by atoms with Crippen LogP contribution in [0.1, 0.15) is 41.1 Å². The molecule has 0 spiro atoms. The summed E-state index contributed by atoms with van der Waals surface area (Å²) >= 11 is 1.69. The molecule has 0 aromatic heterocycles. The molecular weight excluding hydrogens is 476 g/mol. The lowest BCUT2D eigenvalue weighted by Crippen LogP contribution is -2.39. The number of ether oxygens (including phenoxy) is 1. The molecular formula is C32H32N2O2S. The topological polar surface area (TPSA) is 41.6 Å². The fourth-order valence-electron chi connectivity index (χ4n) is 4.92. The largest absolute Gasteiger partial charge is 0.489 e. The highest BCUT2D eigenvalue weighted by Gasteiger charge is 2.29. The van der Waals surface area contributed by atoms with E-state index < -0.39 is 0 Å². The van der Waals surface area contributed by atoms with Gasteiger partial charge in [0.1, 0.15) is 12.4 Å². The first-order valence-corrected chi connectivity index (χ1v) is 14.0. The zero-order valence-electron chi connectivity index (χ0n) is 21.1. The number of urea groups is 1. The van der Waals surface area contributed by atoms with Crippen molar-refractivity contribution in [3.05, 3.63) is 125 Å². The second-order valence-corrected chi connectivity index (χ2v) is 10.2. The van der Waals surface area contributed by atoms with Gasteiger partial charge < -0.3 is 15.0 Å². The molecule has 4 nitrogen and oxygen atoms in total. The molecule has 0 heterocycles. The van der Waals surface area contributed by atoms with Gasteiger partial charge in [0.25, 0.3) is 0 Å². The molecule has 0 saturated carbocycles. The molecule has 0 saturated heterocycles. The van der Waals surface area contributed by atoms with Crippen LogP contribution < -0.4 is 10.1 Å². The van der Waals surface area contributed by atoms with Crippen LogP contribution in [0.5, 0.6) is 5.75 Å². The van der Waals surface area contributed by atoms with Gasteiger partial charge in [0.2, 0.25) is 0 Å². The minimum atomic E-state index is -0.0887. The number of rotatable bonds is 8. The van der Waals surface area contributed by atoms with Crippen molar-refractivity contribution in [2.75, 3.05) is 11.6 Å². The van der Waals surface area contributed by atoms with Gasteiger partial charge >= 0.3 is 6.03 Å². The van der Waals surface area contributed by atoms with Crippen LogP contribution in [0.3, 0.4) is 0 Å². The molecule has 0 bridgehead atoms. The summed E-state index contributed by atoms with van der Waals surface area (Å²) in [6.45, 7) is 1.01. The van der Waals surface area contributed by atoms with Gasteiger partial charge in [-0.3, -0.25) is 0 Å². The Kier molecular flexibility index (Phi) is 8.11. The first kappa shape index (κ1) is 25.0. The highest BCUT2D eigenvalue weighted by molar-refractivity contribution is 7.98. The van der Waals surface area contributed by atoms with Crippen molar-refractivity contribution < 1.29 is 9.53 Å². The number of hydrogen-bond donors (Lipinski definition) is 1. The number of carbonyl (C=O) groups excluding carboxylic acids is 1. The van der Waals surface area contributed by atoms with Crippen LogP contribution in [0.15, 0.2) is 108 Å². The second-order valence-electron chi connectivity index (χ2n) is 9.32. The first-order valence-electron chi connectivity index (χ1n) is 12.7. The van der Waals surface area contributed by atoms with Crippen LogP contribution in [-0.4, -0.2) is 17.2 Å². The summed E-state index contributed by atoms with van der Waals surface area (Å²) in [7, 11) is 0. The quantitative estimate of drug-likeness (QED) is 0.245. The number of carbonyl (C=O) groups is 1. The monoisotopic (exact) mass is 508 g/mol. The van der Waals surface area contributed by atoms with Gasteiger partial charge in [0.05, 0.1) is 6.04 Å². The van der Waals surface area contributed by atoms with Crippen LogP contribution in [0.25, 0.3) is 0 Å². The molecule has 0 aliphatic heterocycles. The van der Waals surface area contributed by atoms with Gasteiger partial charge in [-0.05, 0) is 84.2 Å². The molecule has 4 aromatic rings. The third kappa shape index (κ3) is 6.36. The third-order valence-electron chi connectivity index (χ3n) is 6.82. The molecule has 5 rings (SSSR count). The van der Waals surface area contributed by atoms with Gasteiger partial charge in [-0.15, -0.1) is 11.8 Å². The van der Waals surface area contributed by atoms with Gasteiger partial charge in [-0.25, -0.2) is 4.79 Å². The Morgan fingerprint density at radius 2 is 1.68 bits per heavy atom. The van der Waals surface area contributed by atoms with Gasteiger partial charge in [-0.1, -0.05) is 66.7 Å². The van der Waals surface area contributed by atoms with Crippen molar-refractivity contribution in [2.24, 2.45) is 0 Å². The zero-order valence-corrected chi connectivity index (χ0v) is 21.9. The van der Waals surface area contributed by atoms with E-state index in [2.05, 4.69) is 47.8 Å². The summed E-state index contributed by atoms with van der Waals surface area (Å²) < 4.78 is 6.07. The zero-order chi connectivity index (χ0) is 25.5. The summed E-state index contributed by atoms with van der Waals surface area (Å²) in [6, 6.07) is 34.7. The molecule has 37 heavy (non-hydrogen) atoms. The van der Waals surface area contributed by atoms with E-state index in [0.717, 1.165) is 41.8 Å². The lowest BCUT2D eigenvalue weighted by molar-refractivity contribution is 0.175. The average molecular weight is 509 g/mol. The van der Waals surface area contributed by atoms with Crippen molar-refractivity contribution in [2.45, 2.75) is 43.4 Å². The van der Waals surface area contributed by atoms with Gasteiger partial charge in [-0.2, -0.15) is 0 Å². The van der Waals surface area contributed by atoms with Crippen molar-refractivity contribution in [1.29, 1.82) is 0 Å². The van der Waals surface area contributed by atoms with Crippen LogP contribution in [0.4, 0.5) is 10.5 Å². The third-order valence-corrected chi connectivity index (χ3v) is 7.56. The molecule has 5 heteroatoms. The minimum absolute atomic E-state index is 0.0179. The molecule has 1 atom stereocenters. The van der Waals surface area contributed by atoms with Crippen molar-refractivity contribution >= 4 is 23.5 Å². The predicted octanol–water partition coefficient (Wildman–Crippen LogP) is 8.10. The Morgan fingerprint density at radius 1 is 0.919 bits per heavy atom. The Hall–Kier alpha value is -3.70. The number of amides is 2. The molecule has 0 radical (unpaired) electrons. The van der Waals surface area contributed by atoms with E-state index in [1.54, 1.807) is 11.8 Å². The summed E-state index contributed by atoms with van der Waals surface area (Å²) in [5.41, 5.74) is 5.55. The summed E-state index contributed by atoms with van der Waals surface area (Å²) in [6.07, 6.45) is 5.11. The molecule has 1 aliphatic rings. The van der Waals surface area contributed by atoms with E-state index in [1.165, 1.54) is 16.0 Å². The number of hydrogen-bond acceptors (Lipinski definition) is 3. The number of benzene rings is 4. The van der Waals surface area contributed by atoms with Crippen molar-refractivity contribution in [3.8, 4) is 5.75 Å². The Balaban J connectivity index is 1.38. The fraction of sp³-hybridized carbons (Fsp3) is 0.219. The first-order chi connectivity index (χ1) is 18.2. The highest BCUT2D eigenvalue weighted by Crippen LogP contribution is 2.36. The summed E-state index contributed by atoms with van der Waals surface area (Å²) in [5.74, 6) is 0.804. The fourth-order valence-corrected chi connectivity index (χ4v) is 5.32. The molecule has 0 fully saturated rings. The van der Waals surface area contributed by atoms with Crippen molar-refractivity contribution in [1.82, 2.24) is 4.90 Å². The van der Waals surface area contributed by atoms with E-state index in [1.807, 2.05) is 71.8 Å². The van der Waals surface area contributed by atoms with E-state index in [0.29, 0.717) is 13.2 Å². The lowest BCUT2D eigenvalue weighted by atomic mass is 9.86. The lowest BCUT2D eigenvalue weighted by Gasteiger charge is -2.36. The Bertz CT molecular complexity index is 1320. The second kappa shape index (κ2) is 12.0. The molecule has 1 unspecified atom stereocenters. The van der Waals surface area contributed by atoms with Gasteiger partial charge in [0, 0.05) is 17.1 Å². The average Bonchev–Trinajstić information content (AvgIpc) is 2.96. The molecule has 2 amide bonds. The van der Waals surface area contributed by atoms with Gasteiger partial charge in [0.15, 0.2) is 0 Å². The van der Waals surface area contributed by atoms with Crippen LogP contribution in [-0.2, 0) is 19.6 Å². The number of aryl methyl sites for hydroxylation is 1. The summed E-state index contributed by atoms with van der Waals surface area (Å²) in [4.78, 5) is 16.9. The number of nitrogens with one attached hydrogen (secondary N) is 1. The number of thioether (sulfide) groups is 1. The maximum absolute atomic E-state index is 13.8. The maximum Gasteiger partial charge on any atom is 0.322 e. The molecule has 188 valence electrons. The van der Waals surface area contributed by atoms with Crippen LogP contribution >= 0.6 is 11.8 Å². The van der Waals surface area contributed by atoms with Crippen LogP contribution in [0, 0.1) is 0 Å². The minimum Gasteiger partial charge on any atom is -0.489 e. The maximum atomic E-state index is 13.8.